The van der Waals surface area contributed by atoms with Gasteiger partial charge in [-0.2, -0.15) is 0 Å². The van der Waals surface area contributed by atoms with Crippen LogP contribution in [0.3, 0.4) is 0 Å². The first-order chi connectivity index (χ1) is 13.0. The minimum Gasteiger partial charge on any atom is -0.490 e. The highest BCUT2D eigenvalue weighted by atomic mass is 35.5. The van der Waals surface area contributed by atoms with Crippen molar-refractivity contribution in [1.82, 2.24) is 5.32 Å². The Labute approximate surface area is 163 Å². The van der Waals surface area contributed by atoms with Gasteiger partial charge in [0, 0.05) is 5.02 Å². The minimum atomic E-state index is -0.646. The van der Waals surface area contributed by atoms with E-state index < -0.39 is 11.9 Å². The van der Waals surface area contributed by atoms with Crippen LogP contribution in [0.25, 0.3) is 0 Å². The van der Waals surface area contributed by atoms with Crippen LogP contribution in [0.4, 0.5) is 0 Å². The Morgan fingerprint density at radius 2 is 1.74 bits per heavy atom. The molecule has 6 nitrogen and oxygen atoms in total. The molecule has 0 aromatic heterocycles. The highest BCUT2D eigenvalue weighted by molar-refractivity contribution is 6.30. The van der Waals surface area contributed by atoms with Crippen molar-refractivity contribution in [2.75, 3.05) is 19.8 Å². The lowest BCUT2D eigenvalue weighted by molar-refractivity contribution is -0.150. The lowest BCUT2D eigenvalue weighted by Gasteiger charge is -2.15. The van der Waals surface area contributed by atoms with Crippen molar-refractivity contribution in [2.24, 2.45) is 0 Å². The Hall–Kier alpha value is -2.73. The van der Waals surface area contributed by atoms with Crippen LogP contribution >= 0.6 is 11.6 Å². The van der Waals surface area contributed by atoms with Gasteiger partial charge in [-0.1, -0.05) is 35.9 Å². The second kappa shape index (κ2) is 10.4. The van der Waals surface area contributed by atoms with E-state index in [0.717, 1.165) is 5.56 Å². The molecule has 2 aromatic carbocycles. The van der Waals surface area contributed by atoms with Crippen LogP contribution in [0, 0.1) is 0 Å². The van der Waals surface area contributed by atoms with Crippen molar-refractivity contribution in [2.45, 2.75) is 19.9 Å². The molecule has 0 spiro atoms. The van der Waals surface area contributed by atoms with E-state index >= 15 is 0 Å². The van der Waals surface area contributed by atoms with Gasteiger partial charge in [0.15, 0.2) is 24.7 Å². The van der Waals surface area contributed by atoms with Crippen molar-refractivity contribution in [1.29, 1.82) is 0 Å². The standard InChI is InChI=1S/C20H22ClNO5/c1-3-25-17-9-4-5-10-18(17)26-13-20(24)27-12-19(23)22-14(2)15-7-6-8-16(21)11-15/h4-11,14H,3,12-13H2,1-2H3,(H,22,23)/t14-/m0/s1. The number of carbonyl (C=O) groups is 2. The minimum absolute atomic E-state index is 0.260. The first-order valence-electron chi connectivity index (χ1n) is 8.54. The maximum absolute atomic E-state index is 11.9. The predicted molar refractivity (Wildman–Crippen MR) is 102 cm³/mol. The van der Waals surface area contributed by atoms with Crippen LogP contribution in [-0.4, -0.2) is 31.7 Å². The number of amides is 1. The molecule has 0 saturated carbocycles. The second-order valence-electron chi connectivity index (χ2n) is 5.67. The molecule has 1 atom stereocenters. The van der Waals surface area contributed by atoms with Crippen LogP contribution in [0.1, 0.15) is 25.5 Å². The van der Waals surface area contributed by atoms with E-state index in [1.807, 2.05) is 26.0 Å². The molecule has 2 aromatic rings. The molecule has 7 heteroatoms. The lowest BCUT2D eigenvalue weighted by Crippen LogP contribution is -2.32. The van der Waals surface area contributed by atoms with Crippen molar-refractivity contribution in [3.63, 3.8) is 0 Å². The summed E-state index contributed by atoms with van der Waals surface area (Å²) in [6, 6.07) is 13.9. The average Bonchev–Trinajstić information content (AvgIpc) is 2.66. The van der Waals surface area contributed by atoms with Gasteiger partial charge in [-0.15, -0.1) is 0 Å². The highest BCUT2D eigenvalue weighted by Gasteiger charge is 2.13. The van der Waals surface area contributed by atoms with Crippen molar-refractivity contribution >= 4 is 23.5 Å². The molecule has 0 unspecified atom stereocenters. The van der Waals surface area contributed by atoms with E-state index in [1.54, 1.807) is 36.4 Å². The number of halogens is 1. The Bertz CT molecular complexity index is 780. The molecular formula is C20H22ClNO5. The van der Waals surface area contributed by atoms with Gasteiger partial charge >= 0.3 is 5.97 Å². The number of hydrogen-bond donors (Lipinski definition) is 1. The number of rotatable bonds is 9. The summed E-state index contributed by atoms with van der Waals surface area (Å²) in [6.07, 6.45) is 0. The molecule has 0 aliphatic heterocycles. The van der Waals surface area contributed by atoms with E-state index in [4.69, 9.17) is 25.8 Å². The molecule has 2 rings (SSSR count). The summed E-state index contributed by atoms with van der Waals surface area (Å²) in [5.41, 5.74) is 0.859. The van der Waals surface area contributed by atoms with Gasteiger partial charge in [0.1, 0.15) is 0 Å². The van der Waals surface area contributed by atoms with Gasteiger partial charge in [-0.3, -0.25) is 4.79 Å². The van der Waals surface area contributed by atoms with E-state index in [9.17, 15) is 9.59 Å². The van der Waals surface area contributed by atoms with Gasteiger partial charge in [0.25, 0.3) is 5.91 Å². The molecule has 0 heterocycles. The van der Waals surface area contributed by atoms with E-state index in [-0.39, 0.29) is 19.3 Å². The molecule has 27 heavy (non-hydrogen) atoms. The first-order valence-corrected chi connectivity index (χ1v) is 8.92. The number of hydrogen-bond acceptors (Lipinski definition) is 5. The van der Waals surface area contributed by atoms with Crippen LogP contribution in [0.15, 0.2) is 48.5 Å². The van der Waals surface area contributed by atoms with Crippen LogP contribution in [-0.2, 0) is 14.3 Å². The fourth-order valence-corrected chi connectivity index (χ4v) is 2.51. The molecule has 0 fully saturated rings. The zero-order valence-electron chi connectivity index (χ0n) is 15.2. The van der Waals surface area contributed by atoms with Crippen molar-refractivity contribution in [3.8, 4) is 11.5 Å². The molecule has 0 aliphatic rings. The summed E-state index contributed by atoms with van der Waals surface area (Å²) in [4.78, 5) is 23.8. The molecule has 0 bridgehead atoms. The molecule has 1 amide bonds. The van der Waals surface area contributed by atoms with Gasteiger partial charge in [-0.05, 0) is 43.7 Å². The third-order valence-corrected chi connectivity index (χ3v) is 3.82. The third kappa shape index (κ3) is 6.83. The zero-order valence-corrected chi connectivity index (χ0v) is 16.0. The molecule has 1 N–H and O–H groups in total. The molecule has 144 valence electrons. The van der Waals surface area contributed by atoms with Crippen LogP contribution in [0.5, 0.6) is 11.5 Å². The summed E-state index contributed by atoms with van der Waals surface area (Å²) in [7, 11) is 0. The van der Waals surface area contributed by atoms with Crippen molar-refractivity contribution in [3.05, 3.63) is 59.1 Å². The normalized spacial score (nSPS) is 11.4. The van der Waals surface area contributed by atoms with Gasteiger partial charge in [0.2, 0.25) is 0 Å². The summed E-state index contributed by atoms with van der Waals surface area (Å²) in [6.45, 7) is 3.45. The predicted octanol–water partition coefficient (Wildman–Crippen LogP) is 3.54. The fraction of sp³-hybridized carbons (Fsp3) is 0.300. The summed E-state index contributed by atoms with van der Waals surface area (Å²) in [5, 5.41) is 3.33. The highest BCUT2D eigenvalue weighted by Crippen LogP contribution is 2.26. The number of para-hydroxylation sites is 2. The van der Waals surface area contributed by atoms with E-state index in [1.165, 1.54) is 0 Å². The Balaban J connectivity index is 1.76. The summed E-state index contributed by atoms with van der Waals surface area (Å²) < 4.78 is 15.8. The maximum atomic E-state index is 11.9. The quantitative estimate of drug-likeness (QED) is 0.662. The molecular weight excluding hydrogens is 370 g/mol. The Kier molecular flexibility index (Phi) is 7.95. The van der Waals surface area contributed by atoms with E-state index in [0.29, 0.717) is 23.1 Å². The van der Waals surface area contributed by atoms with Crippen LogP contribution in [0.2, 0.25) is 5.02 Å². The maximum Gasteiger partial charge on any atom is 0.344 e. The Morgan fingerprint density at radius 1 is 1.04 bits per heavy atom. The number of ether oxygens (including phenoxy) is 3. The van der Waals surface area contributed by atoms with Crippen LogP contribution < -0.4 is 14.8 Å². The molecule has 0 saturated heterocycles. The van der Waals surface area contributed by atoms with E-state index in [2.05, 4.69) is 5.32 Å². The first kappa shape index (κ1) is 20.6. The number of benzene rings is 2. The van der Waals surface area contributed by atoms with Gasteiger partial charge < -0.3 is 19.5 Å². The largest absolute Gasteiger partial charge is 0.490 e. The smallest absolute Gasteiger partial charge is 0.344 e. The van der Waals surface area contributed by atoms with Gasteiger partial charge in [-0.25, -0.2) is 4.79 Å². The number of nitrogens with one attached hydrogen (secondary N) is 1. The molecule has 0 radical (unpaired) electrons. The average molecular weight is 392 g/mol. The number of esters is 1. The number of carbonyl (C=O) groups excluding carboxylic acids is 2. The SMILES string of the molecule is CCOc1ccccc1OCC(=O)OCC(=O)N[C@@H](C)c1cccc(Cl)c1. The monoisotopic (exact) mass is 391 g/mol. The molecule has 0 aliphatic carbocycles. The second-order valence-corrected chi connectivity index (χ2v) is 6.11. The summed E-state index contributed by atoms with van der Waals surface area (Å²) in [5.74, 6) is -0.0754. The fourth-order valence-electron chi connectivity index (χ4n) is 2.31. The van der Waals surface area contributed by atoms with Crippen molar-refractivity contribution < 1.29 is 23.8 Å². The third-order valence-electron chi connectivity index (χ3n) is 3.58. The lowest BCUT2D eigenvalue weighted by atomic mass is 10.1. The topological polar surface area (TPSA) is 73.9 Å². The Morgan fingerprint density at radius 3 is 2.41 bits per heavy atom. The summed E-state index contributed by atoms with van der Waals surface area (Å²) >= 11 is 5.94. The van der Waals surface area contributed by atoms with Gasteiger partial charge in [0.05, 0.1) is 12.6 Å². The zero-order chi connectivity index (χ0) is 19.6.